The Balaban J connectivity index is 2.69. The Hall–Kier alpha value is -0.920. The van der Waals surface area contributed by atoms with Gasteiger partial charge in [-0.1, -0.05) is 18.6 Å². The third-order valence-electron chi connectivity index (χ3n) is 3.47. The highest BCUT2D eigenvalue weighted by atomic mass is 32.2. The van der Waals surface area contributed by atoms with Gasteiger partial charge in [-0.3, -0.25) is 0 Å². The van der Waals surface area contributed by atoms with Crippen LogP contribution in [0.2, 0.25) is 0 Å². The van der Waals surface area contributed by atoms with Crippen molar-refractivity contribution in [2.75, 3.05) is 19.1 Å². The van der Waals surface area contributed by atoms with Gasteiger partial charge in [0.1, 0.15) is 0 Å². The van der Waals surface area contributed by atoms with E-state index in [0.29, 0.717) is 5.56 Å². The average molecular weight is 317 g/mol. The number of nitrogens with one attached hydrogen (secondary N) is 1. The number of sulfone groups is 2. The van der Waals surface area contributed by atoms with Gasteiger partial charge in [0.2, 0.25) is 0 Å². The molecule has 5 nitrogen and oxygen atoms in total. The van der Waals surface area contributed by atoms with Gasteiger partial charge in [0.05, 0.1) is 9.79 Å². The summed E-state index contributed by atoms with van der Waals surface area (Å²) in [5.41, 5.74) is 0.565. The smallest absolute Gasteiger partial charge is 0.177 e. The molecule has 20 heavy (non-hydrogen) atoms. The fourth-order valence-corrected chi connectivity index (χ4v) is 5.37. The van der Waals surface area contributed by atoms with E-state index in [1.165, 1.54) is 6.07 Å². The molecule has 0 radical (unpaired) electrons. The van der Waals surface area contributed by atoms with Gasteiger partial charge in [0, 0.05) is 18.6 Å². The van der Waals surface area contributed by atoms with Crippen LogP contribution in [0.25, 0.3) is 0 Å². The highest BCUT2D eigenvalue weighted by Gasteiger charge is 2.28. The first-order valence-electron chi connectivity index (χ1n) is 6.47. The standard InChI is InChI=1S/C13H19NO4S2/c1-19(15,16)12-8-5-6-10(13(12)20(2,17)18)11-7-3-4-9-14-11/h5-6,8,11,14H,3-4,7,9H2,1-2H3. The lowest BCUT2D eigenvalue weighted by Crippen LogP contribution is -2.28. The summed E-state index contributed by atoms with van der Waals surface area (Å²) >= 11 is 0. The van der Waals surface area contributed by atoms with Gasteiger partial charge < -0.3 is 5.32 Å². The van der Waals surface area contributed by atoms with Crippen molar-refractivity contribution in [3.63, 3.8) is 0 Å². The van der Waals surface area contributed by atoms with Crippen molar-refractivity contribution >= 4 is 19.7 Å². The van der Waals surface area contributed by atoms with E-state index in [9.17, 15) is 16.8 Å². The maximum absolute atomic E-state index is 12.1. The summed E-state index contributed by atoms with van der Waals surface area (Å²) in [4.78, 5) is -0.160. The van der Waals surface area contributed by atoms with E-state index < -0.39 is 19.7 Å². The van der Waals surface area contributed by atoms with Crippen molar-refractivity contribution in [1.29, 1.82) is 0 Å². The number of piperidine rings is 1. The molecule has 0 bridgehead atoms. The lowest BCUT2D eigenvalue weighted by atomic mass is 9.97. The molecule has 7 heteroatoms. The zero-order valence-electron chi connectivity index (χ0n) is 11.6. The molecule has 1 aliphatic rings. The summed E-state index contributed by atoms with van der Waals surface area (Å²) in [5.74, 6) is 0. The second-order valence-corrected chi connectivity index (χ2v) is 9.16. The first kappa shape index (κ1) is 15.5. The van der Waals surface area contributed by atoms with Crippen molar-refractivity contribution in [3.8, 4) is 0 Å². The summed E-state index contributed by atoms with van der Waals surface area (Å²) in [6, 6.07) is 4.57. The average Bonchev–Trinajstić information content (AvgIpc) is 2.37. The van der Waals surface area contributed by atoms with E-state index in [0.717, 1.165) is 38.3 Å². The van der Waals surface area contributed by atoms with Gasteiger partial charge >= 0.3 is 0 Å². The van der Waals surface area contributed by atoms with Gasteiger partial charge in [-0.2, -0.15) is 0 Å². The van der Waals surface area contributed by atoms with Gasteiger partial charge in [0.25, 0.3) is 0 Å². The van der Waals surface area contributed by atoms with Crippen LogP contribution in [0.15, 0.2) is 28.0 Å². The number of hydrogen-bond donors (Lipinski definition) is 1. The van der Waals surface area contributed by atoms with E-state index in [-0.39, 0.29) is 15.8 Å². The number of benzene rings is 1. The molecule has 0 saturated carbocycles. The van der Waals surface area contributed by atoms with Crippen LogP contribution >= 0.6 is 0 Å². The summed E-state index contributed by atoms with van der Waals surface area (Å²) in [5, 5.41) is 3.27. The van der Waals surface area contributed by atoms with Crippen molar-refractivity contribution in [3.05, 3.63) is 23.8 Å². The van der Waals surface area contributed by atoms with E-state index in [2.05, 4.69) is 5.32 Å². The molecule has 1 saturated heterocycles. The molecule has 0 spiro atoms. The molecule has 1 fully saturated rings. The third-order valence-corrected chi connectivity index (χ3v) is 5.93. The van der Waals surface area contributed by atoms with Crippen LogP contribution in [0.5, 0.6) is 0 Å². The molecule has 1 aliphatic heterocycles. The van der Waals surface area contributed by atoms with Crippen LogP contribution in [-0.4, -0.2) is 35.9 Å². The van der Waals surface area contributed by atoms with E-state index in [4.69, 9.17) is 0 Å². The SMILES string of the molecule is CS(=O)(=O)c1cccc(C2CCCCN2)c1S(C)(=O)=O. The minimum atomic E-state index is -3.62. The van der Waals surface area contributed by atoms with Crippen molar-refractivity contribution in [2.45, 2.75) is 35.1 Å². The van der Waals surface area contributed by atoms with Crippen LogP contribution in [0, 0.1) is 0 Å². The Bertz CT molecular complexity index is 702. The molecule has 1 aromatic rings. The van der Waals surface area contributed by atoms with Crippen LogP contribution in [-0.2, 0) is 19.7 Å². The molecule has 1 atom stereocenters. The quantitative estimate of drug-likeness (QED) is 0.909. The lowest BCUT2D eigenvalue weighted by molar-refractivity contribution is 0.406. The fraction of sp³-hybridized carbons (Fsp3) is 0.538. The molecule has 112 valence electrons. The first-order valence-corrected chi connectivity index (χ1v) is 10.3. The zero-order chi connectivity index (χ0) is 15.0. The van der Waals surface area contributed by atoms with E-state index in [1.807, 2.05) is 0 Å². The van der Waals surface area contributed by atoms with Crippen LogP contribution in [0.3, 0.4) is 0 Å². The van der Waals surface area contributed by atoms with Crippen LogP contribution < -0.4 is 5.32 Å². The summed E-state index contributed by atoms with van der Waals surface area (Å²) in [6.45, 7) is 0.816. The van der Waals surface area contributed by atoms with Gasteiger partial charge in [-0.25, -0.2) is 16.8 Å². The van der Waals surface area contributed by atoms with Gasteiger partial charge in [-0.05, 0) is 31.0 Å². The molecule has 0 aromatic heterocycles. The second-order valence-electron chi connectivity index (χ2n) is 5.22. The molecule has 1 N–H and O–H groups in total. The minimum absolute atomic E-state index is 0.0538. The molecule has 1 aromatic carbocycles. The molecule has 1 unspecified atom stereocenters. The normalized spacial score (nSPS) is 20.8. The summed E-state index contributed by atoms with van der Waals surface area (Å²) in [6.07, 6.45) is 4.97. The molecule has 1 heterocycles. The third kappa shape index (κ3) is 3.21. The highest BCUT2D eigenvalue weighted by Crippen LogP contribution is 2.32. The Labute approximate surface area is 120 Å². The Morgan fingerprint density at radius 3 is 2.25 bits per heavy atom. The predicted molar refractivity (Wildman–Crippen MR) is 77.3 cm³/mol. The molecular formula is C13H19NO4S2. The monoisotopic (exact) mass is 317 g/mol. The molecular weight excluding hydrogens is 298 g/mol. The Kier molecular flexibility index (Phi) is 4.22. The van der Waals surface area contributed by atoms with Crippen molar-refractivity contribution in [2.24, 2.45) is 0 Å². The summed E-state index contributed by atoms with van der Waals surface area (Å²) < 4.78 is 47.8. The largest absolute Gasteiger partial charge is 0.310 e. The second kappa shape index (κ2) is 5.46. The molecule has 0 aliphatic carbocycles. The number of rotatable bonds is 3. The van der Waals surface area contributed by atoms with Gasteiger partial charge in [-0.15, -0.1) is 0 Å². The maximum atomic E-state index is 12.1. The van der Waals surface area contributed by atoms with Crippen LogP contribution in [0.4, 0.5) is 0 Å². The van der Waals surface area contributed by atoms with Crippen LogP contribution in [0.1, 0.15) is 30.9 Å². The zero-order valence-corrected chi connectivity index (χ0v) is 13.2. The molecule has 0 amide bonds. The predicted octanol–water partition coefficient (Wildman–Crippen LogP) is 1.31. The minimum Gasteiger partial charge on any atom is -0.310 e. The van der Waals surface area contributed by atoms with E-state index in [1.54, 1.807) is 12.1 Å². The maximum Gasteiger partial charge on any atom is 0.177 e. The van der Waals surface area contributed by atoms with E-state index >= 15 is 0 Å². The topological polar surface area (TPSA) is 80.3 Å². The fourth-order valence-electron chi connectivity index (χ4n) is 2.61. The highest BCUT2D eigenvalue weighted by molar-refractivity contribution is 7.93. The van der Waals surface area contributed by atoms with Crippen molar-refractivity contribution < 1.29 is 16.8 Å². The Morgan fingerprint density at radius 1 is 1.05 bits per heavy atom. The van der Waals surface area contributed by atoms with Gasteiger partial charge in [0.15, 0.2) is 19.7 Å². The summed E-state index contributed by atoms with van der Waals surface area (Å²) in [7, 11) is -7.20. The Morgan fingerprint density at radius 2 is 1.75 bits per heavy atom. The first-order chi connectivity index (χ1) is 9.21. The number of hydrogen-bond acceptors (Lipinski definition) is 5. The molecule has 2 rings (SSSR count). The van der Waals surface area contributed by atoms with Crippen molar-refractivity contribution in [1.82, 2.24) is 5.32 Å². The lowest BCUT2D eigenvalue weighted by Gasteiger charge is -2.26.